The van der Waals surface area contributed by atoms with Crippen LogP contribution >= 0.6 is 0 Å². The number of halogens is 1. The number of anilines is 2. The van der Waals surface area contributed by atoms with Gasteiger partial charge in [0.25, 0.3) is 11.8 Å². The Kier molecular flexibility index (Phi) is 6.07. The maximum absolute atomic E-state index is 14.3. The van der Waals surface area contributed by atoms with Crippen molar-refractivity contribution >= 4 is 35.1 Å². The van der Waals surface area contributed by atoms with Crippen molar-refractivity contribution in [3.8, 4) is 0 Å². The molecule has 0 unspecified atom stereocenters. The summed E-state index contributed by atoms with van der Waals surface area (Å²) in [6.07, 6.45) is 0. The zero-order chi connectivity index (χ0) is 19.3. The van der Waals surface area contributed by atoms with Crippen LogP contribution in [0.3, 0.4) is 0 Å². The first-order valence-corrected chi connectivity index (χ1v) is 7.59. The fourth-order valence-electron chi connectivity index (χ4n) is 2.24. The van der Waals surface area contributed by atoms with E-state index in [2.05, 4.69) is 10.6 Å². The third-order valence-electron chi connectivity index (χ3n) is 3.56. The average Bonchev–Trinajstić information content (AvgIpc) is 2.61. The molecule has 0 radical (unpaired) electrons. The van der Waals surface area contributed by atoms with Gasteiger partial charge in [-0.25, -0.2) is 9.18 Å². The summed E-state index contributed by atoms with van der Waals surface area (Å²) in [4.78, 5) is 47.8. The quantitative estimate of drug-likeness (QED) is 0.489. The minimum Gasteiger partial charge on any atom is -0.370 e. The third-order valence-corrected chi connectivity index (χ3v) is 3.56. The molecule has 1 aliphatic rings. The second-order valence-corrected chi connectivity index (χ2v) is 5.31. The Labute approximate surface area is 147 Å². The molecule has 1 saturated heterocycles. The van der Waals surface area contributed by atoms with Crippen molar-refractivity contribution in [1.82, 2.24) is 10.6 Å². The Morgan fingerprint density at radius 3 is 2.65 bits per heavy atom. The summed E-state index contributed by atoms with van der Waals surface area (Å²) >= 11 is 0. The third kappa shape index (κ3) is 4.45. The number of rotatable bonds is 5. The lowest BCUT2D eigenvalue weighted by molar-refractivity contribution is -0.128. The smallest absolute Gasteiger partial charge is 0.315 e. The van der Waals surface area contributed by atoms with E-state index in [0.29, 0.717) is 12.3 Å². The van der Waals surface area contributed by atoms with Crippen molar-refractivity contribution in [3.63, 3.8) is 0 Å². The number of carbonyl (C=O) groups excluding carboxylic acids is 4. The van der Waals surface area contributed by atoms with Gasteiger partial charge in [-0.1, -0.05) is 0 Å². The minimum absolute atomic E-state index is 0.0917. The van der Waals surface area contributed by atoms with Gasteiger partial charge >= 0.3 is 6.03 Å². The molecule has 2 rings (SSSR count). The number of ether oxygens (including phenoxy) is 1. The van der Waals surface area contributed by atoms with Gasteiger partial charge in [-0.15, -0.1) is 0 Å². The van der Waals surface area contributed by atoms with E-state index in [0.717, 1.165) is 6.07 Å². The highest BCUT2D eigenvalue weighted by atomic mass is 19.1. The monoisotopic (exact) mass is 367 g/mol. The number of primary amides is 1. The van der Waals surface area contributed by atoms with Crippen LogP contribution in [0.25, 0.3) is 0 Å². The summed E-state index contributed by atoms with van der Waals surface area (Å²) in [5.74, 6) is -3.24. The SMILES string of the molecule is CNC(=O)N[C@@H](C(N)=O)C(=O)Nc1ccc(N2CCOCC2=O)cc1F. The standard InChI is InChI=1S/C15H18FN5O5/c1-18-15(25)20-12(13(17)23)14(24)19-10-3-2-8(6-9(10)16)21-4-5-26-7-11(21)22/h2-3,6,12H,4-5,7H2,1H3,(H2,17,23)(H,19,24)(H2,18,20,25)/t12-/m0/s1. The van der Waals surface area contributed by atoms with Crippen LogP contribution in [-0.2, 0) is 19.1 Å². The molecule has 5 N–H and O–H groups in total. The first-order chi connectivity index (χ1) is 12.3. The number of hydrogen-bond acceptors (Lipinski definition) is 5. The van der Waals surface area contributed by atoms with Crippen molar-refractivity contribution in [1.29, 1.82) is 0 Å². The summed E-state index contributed by atoms with van der Waals surface area (Å²) in [6, 6.07) is 1.27. The largest absolute Gasteiger partial charge is 0.370 e. The molecule has 1 aromatic rings. The van der Waals surface area contributed by atoms with Crippen molar-refractivity contribution in [2.45, 2.75) is 6.04 Å². The molecule has 1 aliphatic heterocycles. The van der Waals surface area contributed by atoms with E-state index >= 15 is 0 Å². The lowest BCUT2D eigenvalue weighted by Crippen LogP contribution is -2.54. The summed E-state index contributed by atoms with van der Waals surface area (Å²) in [7, 11) is 1.29. The van der Waals surface area contributed by atoms with E-state index < -0.39 is 29.7 Å². The Hall–Kier alpha value is -3.21. The summed E-state index contributed by atoms with van der Waals surface area (Å²) in [5.41, 5.74) is 5.15. The molecule has 0 saturated carbocycles. The number of nitrogens with two attached hydrogens (primary N) is 1. The first-order valence-electron chi connectivity index (χ1n) is 7.59. The molecule has 11 heteroatoms. The average molecular weight is 367 g/mol. The fourth-order valence-corrected chi connectivity index (χ4v) is 2.24. The van der Waals surface area contributed by atoms with E-state index in [1.807, 2.05) is 5.32 Å². The highest BCUT2D eigenvalue weighted by Gasteiger charge is 2.27. The van der Waals surface area contributed by atoms with Gasteiger partial charge < -0.3 is 31.3 Å². The lowest BCUT2D eigenvalue weighted by Gasteiger charge is -2.27. The second-order valence-electron chi connectivity index (χ2n) is 5.31. The molecule has 0 aromatic heterocycles. The van der Waals surface area contributed by atoms with Crippen LogP contribution in [0, 0.1) is 5.82 Å². The van der Waals surface area contributed by atoms with Gasteiger partial charge in [0, 0.05) is 19.3 Å². The number of nitrogens with zero attached hydrogens (tertiary/aromatic N) is 1. The molecule has 1 heterocycles. The number of morpholine rings is 1. The van der Waals surface area contributed by atoms with Gasteiger partial charge in [-0.2, -0.15) is 0 Å². The maximum atomic E-state index is 14.3. The van der Waals surface area contributed by atoms with E-state index in [1.165, 1.54) is 24.1 Å². The van der Waals surface area contributed by atoms with Gasteiger partial charge in [0.2, 0.25) is 5.91 Å². The Bertz CT molecular complexity index is 741. The van der Waals surface area contributed by atoms with Crippen LogP contribution in [-0.4, -0.2) is 56.6 Å². The maximum Gasteiger partial charge on any atom is 0.315 e. The molecule has 140 valence electrons. The Balaban J connectivity index is 2.13. The number of nitrogens with one attached hydrogen (secondary N) is 3. The molecule has 1 fully saturated rings. The Morgan fingerprint density at radius 1 is 1.35 bits per heavy atom. The highest BCUT2D eigenvalue weighted by Crippen LogP contribution is 2.23. The fraction of sp³-hybridized carbons (Fsp3) is 0.333. The zero-order valence-corrected chi connectivity index (χ0v) is 13.9. The minimum atomic E-state index is -1.69. The molecule has 0 bridgehead atoms. The molecular formula is C15H18FN5O5. The van der Waals surface area contributed by atoms with E-state index in [1.54, 1.807) is 0 Å². The number of carbonyl (C=O) groups is 4. The highest BCUT2D eigenvalue weighted by molar-refractivity contribution is 6.11. The van der Waals surface area contributed by atoms with E-state index in [9.17, 15) is 23.6 Å². The first kappa shape index (κ1) is 19.1. The van der Waals surface area contributed by atoms with E-state index in [-0.39, 0.29) is 24.7 Å². The summed E-state index contributed by atoms with van der Waals surface area (Å²) in [5, 5.41) is 6.39. The normalized spacial score (nSPS) is 15.2. The van der Waals surface area contributed by atoms with Gasteiger partial charge in [0.05, 0.1) is 12.3 Å². The lowest BCUT2D eigenvalue weighted by atomic mass is 10.2. The molecule has 1 aromatic carbocycles. The van der Waals surface area contributed by atoms with Crippen molar-refractivity contribution < 1.29 is 28.3 Å². The topological polar surface area (TPSA) is 143 Å². The van der Waals surface area contributed by atoms with Crippen LogP contribution < -0.4 is 26.6 Å². The molecule has 5 amide bonds. The van der Waals surface area contributed by atoms with Crippen LogP contribution in [0.1, 0.15) is 0 Å². The number of hydrogen-bond donors (Lipinski definition) is 4. The summed E-state index contributed by atoms with van der Waals surface area (Å²) < 4.78 is 19.3. The molecule has 0 spiro atoms. The van der Waals surface area contributed by atoms with Gasteiger partial charge in [-0.3, -0.25) is 14.4 Å². The van der Waals surface area contributed by atoms with Gasteiger partial charge in [0.1, 0.15) is 12.4 Å². The second kappa shape index (κ2) is 8.25. The van der Waals surface area contributed by atoms with Gasteiger partial charge in [-0.05, 0) is 18.2 Å². The zero-order valence-electron chi connectivity index (χ0n) is 13.9. The van der Waals surface area contributed by atoms with Crippen LogP contribution in [0.15, 0.2) is 18.2 Å². The van der Waals surface area contributed by atoms with Crippen LogP contribution in [0.5, 0.6) is 0 Å². The van der Waals surface area contributed by atoms with Crippen molar-refractivity contribution in [3.05, 3.63) is 24.0 Å². The molecule has 10 nitrogen and oxygen atoms in total. The van der Waals surface area contributed by atoms with Gasteiger partial charge in [0.15, 0.2) is 6.04 Å². The number of benzene rings is 1. The number of amides is 5. The predicted octanol–water partition coefficient (Wildman–Crippen LogP) is -1.09. The molecule has 1 atom stereocenters. The number of urea groups is 1. The summed E-state index contributed by atoms with van der Waals surface area (Å²) in [6.45, 7) is 0.520. The van der Waals surface area contributed by atoms with E-state index in [4.69, 9.17) is 10.5 Å². The Morgan fingerprint density at radius 2 is 2.08 bits per heavy atom. The molecule has 26 heavy (non-hydrogen) atoms. The van der Waals surface area contributed by atoms with Crippen LogP contribution in [0.2, 0.25) is 0 Å². The van der Waals surface area contributed by atoms with Crippen molar-refractivity contribution in [2.24, 2.45) is 5.73 Å². The molecule has 0 aliphatic carbocycles. The predicted molar refractivity (Wildman–Crippen MR) is 88.8 cm³/mol. The molecular weight excluding hydrogens is 349 g/mol. The van der Waals surface area contributed by atoms with Crippen molar-refractivity contribution in [2.75, 3.05) is 37.0 Å². The van der Waals surface area contributed by atoms with Crippen LogP contribution in [0.4, 0.5) is 20.6 Å².